The number of amides is 3. The molecule has 0 bridgehead atoms. The molecule has 0 spiro atoms. The Balaban J connectivity index is 1.86. The van der Waals surface area contributed by atoms with E-state index in [2.05, 4.69) is 10.6 Å². The van der Waals surface area contributed by atoms with Gasteiger partial charge in [-0.1, -0.05) is 62.4 Å². The van der Waals surface area contributed by atoms with Crippen molar-refractivity contribution >= 4 is 41.1 Å². The smallest absolute Gasteiger partial charge is 0.307 e. The van der Waals surface area contributed by atoms with Gasteiger partial charge in [0.05, 0.1) is 17.8 Å². The Kier molecular flexibility index (Phi) is 9.79. The Morgan fingerprint density at radius 3 is 2.26 bits per heavy atom. The lowest BCUT2D eigenvalue weighted by atomic mass is 9.93. The van der Waals surface area contributed by atoms with E-state index in [9.17, 15) is 29.4 Å². The fourth-order valence-electron chi connectivity index (χ4n) is 4.53. The molecule has 0 aliphatic carbocycles. The second-order valence-corrected chi connectivity index (χ2v) is 12.2. The summed E-state index contributed by atoms with van der Waals surface area (Å²) in [5, 5.41) is 26.3. The first kappa shape index (κ1) is 30.2. The van der Waals surface area contributed by atoms with Gasteiger partial charge < -0.3 is 25.7 Å². The molecule has 10 heteroatoms. The molecule has 3 rings (SSSR count). The van der Waals surface area contributed by atoms with Crippen LogP contribution in [0.15, 0.2) is 54.6 Å². The minimum atomic E-state index is -1.66. The minimum Gasteiger partial charge on any atom is -0.481 e. The number of rotatable bonds is 10. The van der Waals surface area contributed by atoms with Gasteiger partial charge in [0.1, 0.15) is 6.04 Å². The van der Waals surface area contributed by atoms with Gasteiger partial charge in [-0.05, 0) is 44.4 Å². The second kappa shape index (κ2) is 12.7. The van der Waals surface area contributed by atoms with Crippen molar-refractivity contribution in [2.45, 2.75) is 64.0 Å². The van der Waals surface area contributed by atoms with Crippen LogP contribution in [0.4, 0.5) is 5.69 Å². The topological polar surface area (TPSA) is 136 Å². The molecule has 0 radical (unpaired) electrons. The fourth-order valence-corrected chi connectivity index (χ4v) is 5.67. The molecule has 3 amide bonds. The number of nitrogens with zero attached hydrogens (tertiary/aromatic N) is 1. The summed E-state index contributed by atoms with van der Waals surface area (Å²) in [4.78, 5) is 52.9. The van der Waals surface area contributed by atoms with Crippen LogP contribution in [0.25, 0.3) is 0 Å². The van der Waals surface area contributed by atoms with Gasteiger partial charge in [0.15, 0.2) is 6.10 Å². The molecule has 2 aromatic rings. The van der Waals surface area contributed by atoms with Crippen molar-refractivity contribution in [3.05, 3.63) is 65.7 Å². The van der Waals surface area contributed by atoms with Crippen molar-refractivity contribution in [1.29, 1.82) is 0 Å². The van der Waals surface area contributed by atoms with Gasteiger partial charge in [0.25, 0.3) is 5.91 Å². The van der Waals surface area contributed by atoms with E-state index in [0.717, 1.165) is 11.1 Å². The summed E-state index contributed by atoms with van der Waals surface area (Å²) in [5.41, 5.74) is 2.29. The molecule has 1 fully saturated rings. The number of carbonyl (C=O) groups excluding carboxylic acids is 3. The molecule has 1 aliphatic rings. The number of hydrogen-bond donors (Lipinski definition) is 4. The first-order valence-electron chi connectivity index (χ1n) is 12.9. The number of carboxylic acids is 1. The van der Waals surface area contributed by atoms with Crippen LogP contribution in [0.5, 0.6) is 0 Å². The normalized spacial score (nSPS) is 19.4. The van der Waals surface area contributed by atoms with Crippen molar-refractivity contribution in [2.75, 3.05) is 11.2 Å². The van der Waals surface area contributed by atoms with Crippen LogP contribution in [0.2, 0.25) is 0 Å². The number of carbonyl (C=O) groups is 4. The van der Waals surface area contributed by atoms with Crippen LogP contribution < -0.4 is 10.6 Å². The predicted molar refractivity (Wildman–Crippen MR) is 151 cm³/mol. The molecule has 1 aliphatic heterocycles. The van der Waals surface area contributed by atoms with Gasteiger partial charge >= 0.3 is 5.97 Å². The summed E-state index contributed by atoms with van der Waals surface area (Å²) in [5.74, 6) is -4.41. The average Bonchev–Trinajstić information content (AvgIpc) is 3.23. The van der Waals surface area contributed by atoms with E-state index >= 15 is 0 Å². The highest BCUT2D eigenvalue weighted by atomic mass is 32.2. The molecule has 39 heavy (non-hydrogen) atoms. The average molecular weight is 556 g/mol. The minimum absolute atomic E-state index is 0.137. The van der Waals surface area contributed by atoms with Crippen molar-refractivity contribution in [3.63, 3.8) is 0 Å². The highest BCUT2D eigenvalue weighted by molar-refractivity contribution is 8.00. The van der Waals surface area contributed by atoms with Crippen molar-refractivity contribution in [2.24, 2.45) is 11.8 Å². The van der Waals surface area contributed by atoms with Gasteiger partial charge in [0.2, 0.25) is 11.8 Å². The van der Waals surface area contributed by atoms with Crippen molar-refractivity contribution in [3.8, 4) is 0 Å². The summed E-state index contributed by atoms with van der Waals surface area (Å²) in [7, 11) is 0. The molecule has 1 saturated heterocycles. The van der Waals surface area contributed by atoms with Crippen LogP contribution in [0, 0.1) is 18.8 Å². The SMILES string of the molecule is Cc1ccccc1NC(=O)[C@H]1N(C(=O)[C@@H](O)[C@H](Cc2ccccc2)NC(=O)C(C)C(C)C(=O)O)CSC1(C)C. The monoisotopic (exact) mass is 555 g/mol. The maximum absolute atomic E-state index is 13.7. The standard InChI is InChI=1S/C29H37N3O6S/c1-17-11-9-10-14-21(17)30-26(35)24-29(4,5)39-16-32(24)27(36)23(33)22(15-20-12-7-6-8-13-20)31-25(34)18(2)19(3)28(37)38/h6-14,18-19,22-24,33H,15-16H2,1-5H3,(H,30,35)(H,31,34)(H,37,38)/t18?,19?,22-,23-,24+/m0/s1. The molecule has 0 aromatic heterocycles. The van der Waals surface area contributed by atoms with Gasteiger partial charge in [-0.2, -0.15) is 0 Å². The van der Waals surface area contributed by atoms with Crippen LogP contribution in [-0.4, -0.2) is 67.6 Å². The molecule has 2 aromatic carbocycles. The van der Waals surface area contributed by atoms with E-state index in [4.69, 9.17) is 0 Å². The van der Waals surface area contributed by atoms with Crippen LogP contribution in [0.3, 0.4) is 0 Å². The maximum atomic E-state index is 13.7. The molecule has 5 atom stereocenters. The number of hydrogen-bond acceptors (Lipinski definition) is 6. The van der Waals surface area contributed by atoms with Crippen LogP contribution in [0.1, 0.15) is 38.8 Å². The molecular weight excluding hydrogens is 518 g/mol. The number of anilines is 1. The van der Waals surface area contributed by atoms with Crippen LogP contribution in [-0.2, 0) is 25.6 Å². The van der Waals surface area contributed by atoms with E-state index < -0.39 is 52.6 Å². The highest BCUT2D eigenvalue weighted by Gasteiger charge is 2.50. The third-order valence-electron chi connectivity index (χ3n) is 7.29. The van der Waals surface area contributed by atoms with E-state index in [1.54, 1.807) is 6.07 Å². The molecule has 2 unspecified atom stereocenters. The number of aliphatic hydroxyl groups excluding tert-OH is 1. The summed E-state index contributed by atoms with van der Waals surface area (Å²) >= 11 is 1.43. The Hall–Kier alpha value is -3.37. The summed E-state index contributed by atoms with van der Waals surface area (Å²) in [6.45, 7) is 8.55. The number of thioether (sulfide) groups is 1. The number of para-hydroxylation sites is 1. The first-order chi connectivity index (χ1) is 18.3. The lowest BCUT2D eigenvalue weighted by Crippen LogP contribution is -2.58. The number of aliphatic carboxylic acids is 1. The van der Waals surface area contributed by atoms with E-state index in [0.29, 0.717) is 5.69 Å². The Labute approximate surface area is 233 Å². The first-order valence-corrected chi connectivity index (χ1v) is 13.9. The van der Waals surface area contributed by atoms with Crippen molar-refractivity contribution < 1.29 is 29.4 Å². The predicted octanol–water partition coefficient (Wildman–Crippen LogP) is 3.06. The number of carboxylic acid groups (broad SMARTS) is 1. The van der Waals surface area contributed by atoms with E-state index in [1.807, 2.05) is 69.3 Å². The molecule has 1 heterocycles. The zero-order chi connectivity index (χ0) is 28.9. The summed E-state index contributed by atoms with van der Waals surface area (Å²) in [6.07, 6.45) is -1.53. The largest absolute Gasteiger partial charge is 0.481 e. The zero-order valence-electron chi connectivity index (χ0n) is 22.9. The van der Waals surface area contributed by atoms with Gasteiger partial charge in [-0.15, -0.1) is 11.8 Å². The summed E-state index contributed by atoms with van der Waals surface area (Å²) in [6, 6.07) is 14.5. The fraction of sp³-hybridized carbons (Fsp3) is 0.448. The Bertz CT molecular complexity index is 1200. The molecule has 9 nitrogen and oxygen atoms in total. The van der Waals surface area contributed by atoms with Gasteiger partial charge in [0, 0.05) is 16.4 Å². The lowest BCUT2D eigenvalue weighted by Gasteiger charge is -2.33. The zero-order valence-corrected chi connectivity index (χ0v) is 23.7. The number of aryl methyl sites for hydroxylation is 1. The summed E-state index contributed by atoms with van der Waals surface area (Å²) < 4.78 is -0.633. The third-order valence-corrected chi connectivity index (χ3v) is 8.67. The van der Waals surface area contributed by atoms with Gasteiger partial charge in [-0.3, -0.25) is 19.2 Å². The lowest BCUT2D eigenvalue weighted by molar-refractivity contribution is -0.148. The van der Waals surface area contributed by atoms with E-state index in [-0.39, 0.29) is 18.2 Å². The number of benzene rings is 2. The van der Waals surface area contributed by atoms with E-state index in [1.165, 1.54) is 30.5 Å². The number of aliphatic hydroxyl groups is 1. The maximum Gasteiger partial charge on any atom is 0.307 e. The third kappa shape index (κ3) is 7.19. The number of nitrogens with one attached hydrogen (secondary N) is 2. The van der Waals surface area contributed by atoms with Crippen molar-refractivity contribution in [1.82, 2.24) is 10.2 Å². The van der Waals surface area contributed by atoms with Crippen LogP contribution >= 0.6 is 11.8 Å². The molecular formula is C29H37N3O6S. The Morgan fingerprint density at radius 1 is 1.03 bits per heavy atom. The Morgan fingerprint density at radius 2 is 1.64 bits per heavy atom. The van der Waals surface area contributed by atoms with Gasteiger partial charge in [-0.25, -0.2) is 0 Å². The second-order valence-electron chi connectivity index (χ2n) is 10.6. The molecule has 4 N–H and O–H groups in total. The molecule has 210 valence electrons. The molecule has 0 saturated carbocycles. The highest BCUT2D eigenvalue weighted by Crippen LogP contribution is 2.40. The quantitative estimate of drug-likeness (QED) is 0.354.